The van der Waals surface area contributed by atoms with Gasteiger partial charge in [0.2, 0.25) is 5.84 Å². The van der Waals surface area contributed by atoms with Crippen molar-refractivity contribution >= 4 is 57.2 Å². The third-order valence-electron chi connectivity index (χ3n) is 3.07. The van der Waals surface area contributed by atoms with E-state index in [1.165, 1.54) is 19.5 Å². The second-order valence-electron chi connectivity index (χ2n) is 5.02. The average Bonchev–Trinajstić information content (AvgIpc) is 2.94. The van der Waals surface area contributed by atoms with E-state index in [-0.39, 0.29) is 21.6 Å². The lowest BCUT2D eigenvalue weighted by Crippen LogP contribution is -2.72. The summed E-state index contributed by atoms with van der Waals surface area (Å²) in [7, 11) is -0.973. The van der Waals surface area contributed by atoms with E-state index >= 15 is 0 Å². The number of amidine groups is 2. The van der Waals surface area contributed by atoms with Gasteiger partial charge in [0, 0.05) is 19.5 Å². The molecule has 0 atom stereocenters. The van der Waals surface area contributed by atoms with Crippen molar-refractivity contribution in [2.45, 2.75) is 4.21 Å². The van der Waals surface area contributed by atoms with Crippen molar-refractivity contribution in [3.8, 4) is 5.75 Å². The zero-order valence-electron chi connectivity index (χ0n) is 13.5. The van der Waals surface area contributed by atoms with Crippen LogP contribution in [0.4, 0.5) is 11.4 Å². The van der Waals surface area contributed by atoms with Crippen LogP contribution in [0.2, 0.25) is 0 Å². The molecule has 0 radical (unpaired) electrons. The van der Waals surface area contributed by atoms with Crippen LogP contribution < -0.4 is 15.4 Å². The number of rotatable bonds is 4. The van der Waals surface area contributed by atoms with E-state index in [9.17, 15) is 13.5 Å². The second-order valence-corrected chi connectivity index (χ2v) is 8.47. The molecule has 25 heavy (non-hydrogen) atoms. The normalized spacial score (nSPS) is 13.3. The Hall–Kier alpha value is -2.08. The zero-order valence-corrected chi connectivity index (χ0v) is 16.0. The number of para-hydroxylation sites is 1. The van der Waals surface area contributed by atoms with Gasteiger partial charge in [-0.3, -0.25) is 5.73 Å². The van der Waals surface area contributed by atoms with Crippen molar-refractivity contribution in [1.82, 2.24) is 9.03 Å². The minimum absolute atomic E-state index is 0.0701. The summed E-state index contributed by atoms with van der Waals surface area (Å²) < 4.78 is 27.7. The summed E-state index contributed by atoms with van der Waals surface area (Å²) in [4.78, 5) is 7.03. The number of nitrogens with zero attached hydrogens (tertiary/aromatic N) is 2. The fraction of sp³-hybridized carbons (Fsp3) is 0.143. The van der Waals surface area contributed by atoms with Crippen LogP contribution in [0.3, 0.4) is 0 Å². The summed E-state index contributed by atoms with van der Waals surface area (Å²) >= 11 is 4.86. The first-order chi connectivity index (χ1) is 11.8. The van der Waals surface area contributed by atoms with E-state index in [1.807, 2.05) is 18.2 Å². The predicted molar refractivity (Wildman–Crippen MR) is 102 cm³/mol. The van der Waals surface area contributed by atoms with Gasteiger partial charge in [0.05, 0.1) is 5.69 Å². The summed E-state index contributed by atoms with van der Waals surface area (Å²) in [6.45, 7) is 0. The van der Waals surface area contributed by atoms with E-state index < -0.39 is 15.8 Å². The summed E-state index contributed by atoms with van der Waals surface area (Å²) in [6.07, 6.45) is 0. The fourth-order valence-electron chi connectivity index (χ4n) is 1.75. The van der Waals surface area contributed by atoms with Crippen LogP contribution in [0.25, 0.3) is 0 Å². The molecular formula is C14H18N5O3S3+. The number of nitrogens with one attached hydrogen (secondary N) is 2. The SMILES string of the molecule is CN(C)S(=O)(=O)c1scc([NH+]=C(N)C(=Nc2ccccc2)NS)c1O. The number of hydrogen-bond donors (Lipinski definition) is 5. The van der Waals surface area contributed by atoms with E-state index in [2.05, 4.69) is 27.5 Å². The van der Waals surface area contributed by atoms with Crippen LogP contribution in [0.1, 0.15) is 0 Å². The van der Waals surface area contributed by atoms with E-state index in [0.29, 0.717) is 5.69 Å². The maximum Gasteiger partial charge on any atom is 0.315 e. The first kappa shape index (κ1) is 19.2. The van der Waals surface area contributed by atoms with Crippen molar-refractivity contribution in [3.63, 3.8) is 0 Å². The van der Waals surface area contributed by atoms with Crippen molar-refractivity contribution in [3.05, 3.63) is 35.7 Å². The molecule has 1 heterocycles. The Morgan fingerprint density at radius 2 is 2.00 bits per heavy atom. The fourth-order valence-corrected chi connectivity index (χ4v) is 4.30. The van der Waals surface area contributed by atoms with Gasteiger partial charge in [-0.15, -0.1) is 11.3 Å². The molecular weight excluding hydrogens is 382 g/mol. The lowest BCUT2D eigenvalue weighted by molar-refractivity contribution is -0.353. The highest BCUT2D eigenvalue weighted by Gasteiger charge is 2.27. The van der Waals surface area contributed by atoms with Gasteiger partial charge in [-0.25, -0.2) is 22.7 Å². The molecule has 1 aromatic carbocycles. The molecule has 134 valence electrons. The van der Waals surface area contributed by atoms with Crippen LogP contribution >= 0.6 is 24.2 Å². The maximum atomic E-state index is 12.1. The highest BCUT2D eigenvalue weighted by atomic mass is 32.2. The van der Waals surface area contributed by atoms with Gasteiger partial charge in [0.25, 0.3) is 10.0 Å². The topological polar surface area (TPSA) is 122 Å². The largest absolute Gasteiger partial charge is 0.502 e. The lowest BCUT2D eigenvalue weighted by atomic mass is 10.3. The van der Waals surface area contributed by atoms with E-state index in [0.717, 1.165) is 15.6 Å². The number of hydrogen-bond acceptors (Lipinski definition) is 6. The van der Waals surface area contributed by atoms with Crippen molar-refractivity contribution in [2.24, 2.45) is 10.7 Å². The van der Waals surface area contributed by atoms with Crippen LogP contribution in [0.15, 0.2) is 44.9 Å². The van der Waals surface area contributed by atoms with E-state index in [4.69, 9.17) is 5.73 Å². The Labute approximate surface area is 155 Å². The average molecular weight is 401 g/mol. The molecule has 11 heteroatoms. The van der Waals surface area contributed by atoms with Gasteiger partial charge in [-0.1, -0.05) is 31.0 Å². The summed E-state index contributed by atoms with van der Waals surface area (Å²) in [6, 6.07) is 9.06. The van der Waals surface area contributed by atoms with Crippen LogP contribution in [-0.2, 0) is 10.0 Å². The standard InChI is InChI=1S/C14H17N5O3S3/c1-19(2)25(21,22)14-11(20)10(8-24-14)17-12(15)13(18-23)16-9-6-4-3-5-7-9/h3-8,20,23H,1-2H3,(H2,15,17)(H,16,18)/p+1. The highest BCUT2D eigenvalue weighted by Crippen LogP contribution is 2.35. The second kappa shape index (κ2) is 7.87. The Morgan fingerprint density at radius 1 is 1.36 bits per heavy atom. The molecule has 0 saturated heterocycles. The Balaban J connectivity index is 2.40. The first-order valence-corrected chi connectivity index (χ1v) is 9.70. The number of benzene rings is 1. The molecule has 2 aromatic rings. The molecule has 0 saturated carbocycles. The maximum absolute atomic E-state index is 12.1. The third kappa shape index (κ3) is 4.31. The van der Waals surface area contributed by atoms with Crippen LogP contribution in [-0.4, -0.2) is 43.6 Å². The Kier molecular flexibility index (Phi) is 6.06. The van der Waals surface area contributed by atoms with Gasteiger partial charge in [-0.2, -0.15) is 0 Å². The van der Waals surface area contributed by atoms with Gasteiger partial charge >= 0.3 is 5.84 Å². The van der Waals surface area contributed by atoms with E-state index in [1.54, 1.807) is 12.1 Å². The first-order valence-electron chi connectivity index (χ1n) is 6.94. The molecule has 0 aliphatic carbocycles. The Bertz CT molecular complexity index is 905. The molecule has 1 aromatic heterocycles. The molecule has 5 N–H and O–H groups in total. The lowest BCUT2D eigenvalue weighted by Gasteiger charge is -2.08. The number of sulfonamides is 1. The van der Waals surface area contributed by atoms with Crippen molar-refractivity contribution < 1.29 is 18.5 Å². The summed E-state index contributed by atoms with van der Waals surface area (Å²) in [5, 5.41) is 11.7. The monoisotopic (exact) mass is 400 g/mol. The number of aromatic hydroxyl groups is 1. The number of thiophene rings is 1. The molecule has 0 amide bonds. The van der Waals surface area contributed by atoms with Gasteiger partial charge in [0.1, 0.15) is 0 Å². The van der Waals surface area contributed by atoms with Gasteiger partial charge in [0.15, 0.2) is 15.6 Å². The van der Waals surface area contributed by atoms with Crippen molar-refractivity contribution in [2.75, 3.05) is 14.1 Å². The highest BCUT2D eigenvalue weighted by molar-refractivity contribution is 7.91. The van der Waals surface area contributed by atoms with Crippen molar-refractivity contribution in [1.29, 1.82) is 0 Å². The number of aliphatic imine (C=N–C) groups is 1. The van der Waals surface area contributed by atoms with Crippen LogP contribution in [0, 0.1) is 0 Å². The summed E-state index contributed by atoms with van der Waals surface area (Å²) in [5.41, 5.74) is 6.76. The number of thiol groups is 1. The van der Waals surface area contributed by atoms with Gasteiger partial charge in [-0.05, 0) is 12.1 Å². The molecule has 0 unspecified atom stereocenters. The summed E-state index contributed by atoms with van der Waals surface area (Å²) in [5.74, 6) is -0.113. The van der Waals surface area contributed by atoms with Crippen LogP contribution in [0.5, 0.6) is 5.75 Å². The number of nitrogens with two attached hydrogens (primary N) is 1. The molecule has 0 aliphatic heterocycles. The minimum atomic E-state index is -3.75. The predicted octanol–water partition coefficient (Wildman–Crippen LogP) is -0.0621. The smallest absolute Gasteiger partial charge is 0.315 e. The molecule has 0 spiro atoms. The molecule has 8 nitrogen and oxygen atoms in total. The molecule has 2 rings (SSSR count). The zero-order chi connectivity index (χ0) is 18.6. The molecule has 0 fully saturated rings. The molecule has 0 bridgehead atoms. The van der Waals surface area contributed by atoms with Gasteiger partial charge < -0.3 is 9.83 Å². The third-order valence-corrected chi connectivity index (χ3v) is 6.59. The quantitative estimate of drug-likeness (QED) is 0.280. The minimum Gasteiger partial charge on any atom is -0.502 e. The Morgan fingerprint density at radius 3 is 2.56 bits per heavy atom. The molecule has 0 aliphatic rings.